The van der Waals surface area contributed by atoms with Gasteiger partial charge in [-0.15, -0.1) is 0 Å². The molecule has 1 aromatic rings. The minimum absolute atomic E-state index is 0.214. The van der Waals surface area contributed by atoms with Crippen molar-refractivity contribution < 1.29 is 9.50 Å². The first kappa shape index (κ1) is 10.6. The molecule has 3 N–H and O–H groups in total. The number of benzene rings is 1. The molecular formula is C9H11BrFNO. The highest BCUT2D eigenvalue weighted by Gasteiger charge is 2.20. The van der Waals surface area contributed by atoms with Gasteiger partial charge in [0.2, 0.25) is 0 Å². The van der Waals surface area contributed by atoms with E-state index in [1.165, 1.54) is 6.07 Å². The fourth-order valence-electron chi connectivity index (χ4n) is 0.943. The maximum absolute atomic E-state index is 13.1. The molecular weight excluding hydrogens is 237 g/mol. The van der Waals surface area contributed by atoms with Crippen LogP contribution in [0, 0.1) is 5.82 Å². The lowest BCUT2D eigenvalue weighted by molar-refractivity contribution is 0.210. The zero-order valence-corrected chi connectivity index (χ0v) is 8.81. The fourth-order valence-corrected chi connectivity index (χ4v) is 1.19. The number of aliphatic hydroxyl groups is 1. The number of aliphatic hydroxyl groups excluding tert-OH is 1. The summed E-state index contributed by atoms with van der Waals surface area (Å²) in [5.41, 5.74) is 5.42. The van der Waals surface area contributed by atoms with Crippen molar-refractivity contribution in [2.24, 2.45) is 5.73 Å². The first-order valence-corrected chi connectivity index (χ1v) is 4.62. The van der Waals surface area contributed by atoms with Crippen LogP contribution in [0.1, 0.15) is 12.5 Å². The van der Waals surface area contributed by atoms with E-state index in [0.29, 0.717) is 10.0 Å². The molecule has 0 aliphatic rings. The van der Waals surface area contributed by atoms with Crippen LogP contribution in [0.15, 0.2) is 22.7 Å². The second-order valence-electron chi connectivity index (χ2n) is 3.20. The summed E-state index contributed by atoms with van der Waals surface area (Å²) < 4.78 is 13.5. The molecule has 1 unspecified atom stereocenters. The molecule has 0 heterocycles. The molecule has 1 aromatic carbocycles. The third-order valence-corrected chi connectivity index (χ3v) is 2.55. The Morgan fingerprint density at radius 2 is 2.23 bits per heavy atom. The van der Waals surface area contributed by atoms with Crippen molar-refractivity contribution in [2.75, 3.05) is 6.61 Å². The number of hydrogen-bond donors (Lipinski definition) is 2. The van der Waals surface area contributed by atoms with Gasteiger partial charge in [0.25, 0.3) is 0 Å². The third-order valence-electron chi connectivity index (χ3n) is 1.91. The van der Waals surface area contributed by atoms with E-state index in [0.717, 1.165) is 0 Å². The van der Waals surface area contributed by atoms with Crippen LogP contribution in [0.2, 0.25) is 0 Å². The normalized spacial score (nSPS) is 15.5. The minimum atomic E-state index is -0.887. The van der Waals surface area contributed by atoms with Crippen molar-refractivity contribution in [3.05, 3.63) is 34.1 Å². The second-order valence-corrected chi connectivity index (χ2v) is 4.06. The number of halogens is 2. The molecule has 1 rings (SSSR count). The van der Waals surface area contributed by atoms with Gasteiger partial charge in [0, 0.05) is 0 Å². The van der Waals surface area contributed by atoms with Crippen molar-refractivity contribution in [3.8, 4) is 0 Å². The zero-order chi connectivity index (χ0) is 10.1. The Morgan fingerprint density at radius 1 is 1.62 bits per heavy atom. The van der Waals surface area contributed by atoms with Crippen LogP contribution in [0.4, 0.5) is 4.39 Å². The van der Waals surface area contributed by atoms with Gasteiger partial charge in [0.1, 0.15) is 5.82 Å². The predicted octanol–water partition coefficient (Wildman–Crippen LogP) is 1.75. The van der Waals surface area contributed by atoms with Crippen LogP contribution in [0.25, 0.3) is 0 Å². The summed E-state index contributed by atoms with van der Waals surface area (Å²) in [4.78, 5) is 0. The van der Waals surface area contributed by atoms with Crippen molar-refractivity contribution >= 4 is 15.9 Å². The van der Waals surface area contributed by atoms with Gasteiger partial charge in [0.15, 0.2) is 0 Å². The Kier molecular flexibility index (Phi) is 3.05. The van der Waals surface area contributed by atoms with Crippen molar-refractivity contribution in [3.63, 3.8) is 0 Å². The van der Waals surface area contributed by atoms with Gasteiger partial charge >= 0.3 is 0 Å². The molecule has 0 aromatic heterocycles. The van der Waals surface area contributed by atoms with Crippen LogP contribution in [0.5, 0.6) is 0 Å². The van der Waals surface area contributed by atoms with E-state index >= 15 is 0 Å². The smallest absolute Gasteiger partial charge is 0.137 e. The second kappa shape index (κ2) is 3.74. The molecule has 0 spiro atoms. The Morgan fingerprint density at radius 3 is 2.69 bits per heavy atom. The zero-order valence-electron chi connectivity index (χ0n) is 7.22. The summed E-state index contributed by atoms with van der Waals surface area (Å²) in [5.74, 6) is -0.373. The Balaban J connectivity index is 3.10. The maximum Gasteiger partial charge on any atom is 0.137 e. The first-order chi connectivity index (χ1) is 5.97. The van der Waals surface area contributed by atoms with Crippen LogP contribution in [-0.4, -0.2) is 11.7 Å². The predicted molar refractivity (Wildman–Crippen MR) is 52.7 cm³/mol. The average molecular weight is 248 g/mol. The SMILES string of the molecule is CC(N)(CO)c1ccc(Br)c(F)c1. The molecule has 0 saturated carbocycles. The lowest BCUT2D eigenvalue weighted by atomic mass is 9.94. The molecule has 0 fully saturated rings. The van der Waals surface area contributed by atoms with Gasteiger partial charge in [-0.25, -0.2) is 4.39 Å². The molecule has 0 saturated heterocycles. The molecule has 0 bridgehead atoms. The number of hydrogen-bond acceptors (Lipinski definition) is 2. The standard InChI is InChI=1S/C9H11BrFNO/c1-9(12,5-13)6-2-3-7(10)8(11)4-6/h2-4,13H,5,12H2,1H3. The summed E-state index contributed by atoms with van der Waals surface area (Å²) in [5, 5.41) is 8.95. The molecule has 13 heavy (non-hydrogen) atoms. The van der Waals surface area contributed by atoms with E-state index < -0.39 is 5.54 Å². The third kappa shape index (κ3) is 2.27. The Labute approximate surface area is 84.7 Å². The molecule has 4 heteroatoms. The summed E-state index contributed by atoms with van der Waals surface area (Å²) in [6.45, 7) is 1.43. The Hall–Kier alpha value is -0.450. The van der Waals surface area contributed by atoms with Gasteiger partial charge in [-0.05, 0) is 40.5 Å². The van der Waals surface area contributed by atoms with E-state index in [9.17, 15) is 4.39 Å². The summed E-state index contributed by atoms with van der Waals surface area (Å²) in [6.07, 6.45) is 0. The molecule has 2 nitrogen and oxygen atoms in total. The summed E-state index contributed by atoms with van der Waals surface area (Å²) in [7, 11) is 0. The van der Waals surface area contributed by atoms with Crippen LogP contribution in [0.3, 0.4) is 0 Å². The topological polar surface area (TPSA) is 46.2 Å². The fraction of sp³-hybridized carbons (Fsp3) is 0.333. The molecule has 0 amide bonds. The molecule has 0 radical (unpaired) electrons. The van der Waals surface area contributed by atoms with Crippen molar-refractivity contribution in [1.82, 2.24) is 0 Å². The van der Waals surface area contributed by atoms with Crippen LogP contribution >= 0.6 is 15.9 Å². The highest BCUT2D eigenvalue weighted by molar-refractivity contribution is 9.10. The number of nitrogens with two attached hydrogens (primary N) is 1. The molecule has 0 aliphatic heterocycles. The first-order valence-electron chi connectivity index (χ1n) is 3.82. The quantitative estimate of drug-likeness (QED) is 0.837. The van der Waals surface area contributed by atoms with E-state index in [1.54, 1.807) is 19.1 Å². The minimum Gasteiger partial charge on any atom is -0.394 e. The monoisotopic (exact) mass is 247 g/mol. The molecule has 1 atom stereocenters. The van der Waals surface area contributed by atoms with Gasteiger partial charge in [0.05, 0.1) is 16.6 Å². The van der Waals surface area contributed by atoms with Gasteiger partial charge in [-0.2, -0.15) is 0 Å². The van der Waals surface area contributed by atoms with Gasteiger partial charge in [-0.3, -0.25) is 0 Å². The summed E-state index contributed by atoms with van der Waals surface area (Å²) >= 11 is 3.04. The number of rotatable bonds is 2. The van der Waals surface area contributed by atoms with Gasteiger partial charge in [-0.1, -0.05) is 6.07 Å². The van der Waals surface area contributed by atoms with E-state index in [-0.39, 0.29) is 12.4 Å². The van der Waals surface area contributed by atoms with Crippen molar-refractivity contribution in [2.45, 2.75) is 12.5 Å². The van der Waals surface area contributed by atoms with E-state index in [1.807, 2.05) is 0 Å². The van der Waals surface area contributed by atoms with Crippen molar-refractivity contribution in [1.29, 1.82) is 0 Å². The van der Waals surface area contributed by atoms with E-state index in [2.05, 4.69) is 15.9 Å². The lowest BCUT2D eigenvalue weighted by Crippen LogP contribution is -2.36. The summed E-state index contributed by atoms with van der Waals surface area (Å²) in [6, 6.07) is 4.58. The lowest BCUT2D eigenvalue weighted by Gasteiger charge is -2.22. The van der Waals surface area contributed by atoms with Gasteiger partial charge < -0.3 is 10.8 Å². The highest BCUT2D eigenvalue weighted by atomic mass is 79.9. The largest absolute Gasteiger partial charge is 0.394 e. The van der Waals surface area contributed by atoms with E-state index in [4.69, 9.17) is 10.8 Å². The Bertz CT molecular complexity index is 314. The highest BCUT2D eigenvalue weighted by Crippen LogP contribution is 2.22. The van der Waals surface area contributed by atoms with Crippen LogP contribution in [-0.2, 0) is 5.54 Å². The van der Waals surface area contributed by atoms with Crippen LogP contribution < -0.4 is 5.73 Å². The molecule has 72 valence electrons. The molecule has 0 aliphatic carbocycles. The maximum atomic E-state index is 13.1. The average Bonchev–Trinajstić information content (AvgIpc) is 2.09.